The Morgan fingerprint density at radius 3 is 2.56 bits per heavy atom. The van der Waals surface area contributed by atoms with Crippen molar-refractivity contribution >= 4 is 33.6 Å². The van der Waals surface area contributed by atoms with Gasteiger partial charge in [-0.15, -0.1) is 0 Å². The summed E-state index contributed by atoms with van der Waals surface area (Å²) in [7, 11) is 6.19. The summed E-state index contributed by atoms with van der Waals surface area (Å²) in [5.74, 6) is 1.69. The van der Waals surface area contributed by atoms with Gasteiger partial charge in [0.25, 0.3) is 0 Å². The average molecular weight is 429 g/mol. The molecule has 1 saturated carbocycles. The molecule has 1 fully saturated rings. The number of aromatic nitrogens is 3. The number of rotatable bonds is 6. The summed E-state index contributed by atoms with van der Waals surface area (Å²) in [6, 6.07) is 17.7. The molecule has 1 aliphatic carbocycles. The zero-order valence-corrected chi connectivity index (χ0v) is 19.2. The molecule has 2 aromatic carbocycles. The van der Waals surface area contributed by atoms with Crippen molar-refractivity contribution in [2.45, 2.75) is 44.3 Å². The van der Waals surface area contributed by atoms with Crippen LogP contribution in [0.1, 0.15) is 31.2 Å². The Bertz CT molecular complexity index is 1230. The standard InChI is InChI=1S/C26H32N6/c1-31(2)25-22-12-4-6-13-23(22)29-26(30-25)28-20-10-8-9-19(15-20)27-16-18-17-32(3)24-14-7-5-11-21(18)24/h4-7,11-14,17,19-20,27H,8-10,15-16H2,1-3H3,(H,28,29,30)/t19-,20-/m1/s1. The van der Waals surface area contributed by atoms with E-state index in [0.29, 0.717) is 12.1 Å². The van der Waals surface area contributed by atoms with E-state index in [2.05, 4.69) is 69.7 Å². The second-order valence-electron chi connectivity index (χ2n) is 9.15. The topological polar surface area (TPSA) is 58.0 Å². The molecule has 2 N–H and O–H groups in total. The molecule has 0 bridgehead atoms. The van der Waals surface area contributed by atoms with E-state index in [1.807, 2.05) is 26.2 Å². The third-order valence-corrected chi connectivity index (χ3v) is 6.57. The number of hydrogen-bond acceptors (Lipinski definition) is 5. The lowest BCUT2D eigenvalue weighted by molar-refractivity contribution is 0.350. The fourth-order valence-electron chi connectivity index (χ4n) is 4.97. The predicted octanol–water partition coefficient (Wildman–Crippen LogP) is 4.70. The van der Waals surface area contributed by atoms with Crippen LogP contribution in [0.15, 0.2) is 54.7 Å². The molecule has 6 heteroatoms. The van der Waals surface area contributed by atoms with Crippen molar-refractivity contribution in [2.24, 2.45) is 7.05 Å². The molecule has 0 unspecified atom stereocenters. The van der Waals surface area contributed by atoms with Crippen LogP contribution >= 0.6 is 0 Å². The number of fused-ring (bicyclic) bond motifs is 2. The Morgan fingerprint density at radius 2 is 1.72 bits per heavy atom. The Morgan fingerprint density at radius 1 is 0.969 bits per heavy atom. The largest absolute Gasteiger partial charge is 0.362 e. The molecule has 0 spiro atoms. The first-order valence-electron chi connectivity index (χ1n) is 11.6. The number of nitrogens with zero attached hydrogens (tertiary/aromatic N) is 4. The summed E-state index contributed by atoms with van der Waals surface area (Å²) < 4.78 is 2.22. The molecule has 0 saturated heterocycles. The van der Waals surface area contributed by atoms with Gasteiger partial charge in [0.15, 0.2) is 0 Å². The van der Waals surface area contributed by atoms with Crippen LogP contribution in [0.5, 0.6) is 0 Å². The van der Waals surface area contributed by atoms with E-state index in [0.717, 1.165) is 42.1 Å². The lowest BCUT2D eigenvalue weighted by atomic mass is 9.91. The van der Waals surface area contributed by atoms with Gasteiger partial charge in [0.05, 0.1) is 5.52 Å². The Balaban J connectivity index is 1.27. The van der Waals surface area contributed by atoms with Gasteiger partial charge >= 0.3 is 0 Å². The number of aryl methyl sites for hydroxylation is 1. The molecule has 2 heterocycles. The zero-order chi connectivity index (χ0) is 22.1. The first kappa shape index (κ1) is 20.8. The molecule has 0 radical (unpaired) electrons. The van der Waals surface area contributed by atoms with E-state index in [4.69, 9.17) is 9.97 Å². The molecular formula is C26H32N6. The van der Waals surface area contributed by atoms with E-state index >= 15 is 0 Å². The van der Waals surface area contributed by atoms with Crippen molar-refractivity contribution in [3.8, 4) is 0 Å². The van der Waals surface area contributed by atoms with Gasteiger partial charge in [-0.2, -0.15) is 4.98 Å². The van der Waals surface area contributed by atoms with Crippen LogP contribution in [-0.2, 0) is 13.6 Å². The monoisotopic (exact) mass is 428 g/mol. The minimum Gasteiger partial charge on any atom is -0.362 e. The summed E-state index contributed by atoms with van der Waals surface area (Å²) in [6.45, 7) is 0.899. The Kier molecular flexibility index (Phi) is 5.70. The first-order valence-corrected chi connectivity index (χ1v) is 11.6. The van der Waals surface area contributed by atoms with Gasteiger partial charge in [-0.05, 0) is 49.4 Å². The van der Waals surface area contributed by atoms with Gasteiger partial charge < -0.3 is 20.1 Å². The quantitative estimate of drug-likeness (QED) is 0.466. The van der Waals surface area contributed by atoms with Crippen LogP contribution < -0.4 is 15.5 Å². The minimum absolute atomic E-state index is 0.380. The molecular weight excluding hydrogens is 396 g/mol. The van der Waals surface area contributed by atoms with Crippen molar-refractivity contribution < 1.29 is 0 Å². The number of para-hydroxylation sites is 2. The number of nitrogens with one attached hydrogen (secondary N) is 2. The van der Waals surface area contributed by atoms with E-state index in [1.165, 1.54) is 29.3 Å². The second kappa shape index (κ2) is 8.79. The summed E-state index contributed by atoms with van der Waals surface area (Å²) in [6.07, 6.45) is 6.91. The molecule has 166 valence electrons. The molecule has 5 rings (SSSR count). The smallest absolute Gasteiger partial charge is 0.225 e. The highest BCUT2D eigenvalue weighted by molar-refractivity contribution is 5.90. The van der Waals surface area contributed by atoms with E-state index < -0.39 is 0 Å². The number of anilines is 2. The summed E-state index contributed by atoms with van der Waals surface area (Å²) in [5, 5.41) is 9.88. The minimum atomic E-state index is 0.380. The van der Waals surface area contributed by atoms with Crippen molar-refractivity contribution in [1.29, 1.82) is 0 Å². The fourth-order valence-corrected chi connectivity index (χ4v) is 4.97. The highest BCUT2D eigenvalue weighted by Crippen LogP contribution is 2.27. The predicted molar refractivity (Wildman–Crippen MR) is 133 cm³/mol. The van der Waals surface area contributed by atoms with E-state index in [-0.39, 0.29) is 0 Å². The fraction of sp³-hybridized carbons (Fsp3) is 0.385. The van der Waals surface area contributed by atoms with E-state index in [9.17, 15) is 0 Å². The molecule has 6 nitrogen and oxygen atoms in total. The molecule has 0 aliphatic heterocycles. The number of hydrogen-bond donors (Lipinski definition) is 2. The van der Waals surface area contributed by atoms with Gasteiger partial charge in [-0.25, -0.2) is 4.98 Å². The van der Waals surface area contributed by atoms with Crippen LogP contribution in [-0.4, -0.2) is 40.7 Å². The lowest BCUT2D eigenvalue weighted by Crippen LogP contribution is -2.38. The maximum Gasteiger partial charge on any atom is 0.225 e. The third kappa shape index (κ3) is 4.15. The van der Waals surface area contributed by atoms with Gasteiger partial charge in [-0.3, -0.25) is 0 Å². The molecule has 1 aliphatic rings. The zero-order valence-electron chi connectivity index (χ0n) is 19.2. The maximum absolute atomic E-state index is 4.83. The van der Waals surface area contributed by atoms with Crippen LogP contribution in [0.4, 0.5) is 11.8 Å². The summed E-state index contributed by atoms with van der Waals surface area (Å²) in [5.41, 5.74) is 3.64. The molecule has 0 amide bonds. The maximum atomic E-state index is 4.83. The van der Waals surface area contributed by atoms with Crippen LogP contribution in [0.2, 0.25) is 0 Å². The number of benzene rings is 2. The molecule has 2 aromatic heterocycles. The van der Waals surface area contributed by atoms with Gasteiger partial charge in [0.1, 0.15) is 5.82 Å². The van der Waals surface area contributed by atoms with Crippen molar-refractivity contribution in [1.82, 2.24) is 19.9 Å². The third-order valence-electron chi connectivity index (χ3n) is 6.57. The van der Waals surface area contributed by atoms with Gasteiger partial charge in [0, 0.05) is 62.3 Å². The van der Waals surface area contributed by atoms with Gasteiger partial charge in [0.2, 0.25) is 5.95 Å². The highest BCUT2D eigenvalue weighted by atomic mass is 15.2. The van der Waals surface area contributed by atoms with Crippen molar-refractivity contribution in [3.05, 3.63) is 60.3 Å². The molecule has 32 heavy (non-hydrogen) atoms. The Labute approximate surface area is 189 Å². The normalized spacial score (nSPS) is 18.8. The van der Waals surface area contributed by atoms with Crippen LogP contribution in [0.25, 0.3) is 21.8 Å². The average Bonchev–Trinajstić information content (AvgIpc) is 3.13. The Hall–Kier alpha value is -3.12. The molecule has 4 aromatic rings. The highest BCUT2D eigenvalue weighted by Gasteiger charge is 2.23. The van der Waals surface area contributed by atoms with Crippen molar-refractivity contribution in [3.63, 3.8) is 0 Å². The van der Waals surface area contributed by atoms with Gasteiger partial charge in [-0.1, -0.05) is 30.3 Å². The van der Waals surface area contributed by atoms with E-state index in [1.54, 1.807) is 0 Å². The lowest BCUT2D eigenvalue weighted by Gasteiger charge is -2.30. The molecule has 2 atom stereocenters. The summed E-state index contributed by atoms with van der Waals surface area (Å²) >= 11 is 0. The van der Waals surface area contributed by atoms with Crippen LogP contribution in [0.3, 0.4) is 0 Å². The SMILES string of the molecule is CN(C)c1nc(N[C@@H]2CCC[C@@H](NCc3cn(C)c4ccccc34)C2)nc2ccccc12. The van der Waals surface area contributed by atoms with Crippen molar-refractivity contribution in [2.75, 3.05) is 24.3 Å². The first-order chi connectivity index (χ1) is 15.6. The summed E-state index contributed by atoms with van der Waals surface area (Å²) in [4.78, 5) is 11.7. The second-order valence-corrected chi connectivity index (χ2v) is 9.15. The van der Waals surface area contributed by atoms with Crippen LogP contribution in [0, 0.1) is 0 Å².